The summed E-state index contributed by atoms with van der Waals surface area (Å²) in [5.74, 6) is 0.944. The fraction of sp³-hybridized carbons (Fsp3) is 0.438. The number of ether oxygens (including phenoxy) is 1. The highest BCUT2D eigenvalue weighted by Gasteiger charge is 2.19. The lowest BCUT2D eigenvalue weighted by Gasteiger charge is -2.21. The molecule has 0 aliphatic rings. The first kappa shape index (κ1) is 15.0. The van der Waals surface area contributed by atoms with E-state index in [1.54, 1.807) is 11.3 Å². The Labute approximate surface area is 125 Å². The monoisotopic (exact) mass is 290 g/mol. The van der Waals surface area contributed by atoms with E-state index in [0.29, 0.717) is 0 Å². The third-order valence-electron chi connectivity index (χ3n) is 2.92. The summed E-state index contributed by atoms with van der Waals surface area (Å²) in [7, 11) is 0. The number of aromatic nitrogens is 1. The predicted molar refractivity (Wildman–Crippen MR) is 84.6 cm³/mol. The second-order valence-electron chi connectivity index (χ2n) is 4.98. The molecule has 2 rings (SSSR count). The van der Waals surface area contributed by atoms with Crippen molar-refractivity contribution in [3.05, 3.63) is 45.9 Å². The van der Waals surface area contributed by atoms with Crippen LogP contribution < -0.4 is 10.1 Å². The van der Waals surface area contributed by atoms with Crippen LogP contribution in [0.15, 0.2) is 30.5 Å². The topological polar surface area (TPSA) is 34.2 Å². The average Bonchev–Trinajstić information content (AvgIpc) is 2.83. The Morgan fingerprint density at radius 1 is 1.30 bits per heavy atom. The summed E-state index contributed by atoms with van der Waals surface area (Å²) in [5.41, 5.74) is 1.17. The molecule has 1 unspecified atom stereocenters. The second-order valence-corrected chi connectivity index (χ2v) is 6.24. The molecule has 0 radical (unpaired) electrons. The van der Waals surface area contributed by atoms with Crippen LogP contribution in [0.5, 0.6) is 5.75 Å². The normalized spacial score (nSPS) is 12.7. The molecule has 0 saturated carbocycles. The van der Waals surface area contributed by atoms with Crippen LogP contribution in [0.4, 0.5) is 0 Å². The van der Waals surface area contributed by atoms with Crippen LogP contribution in [0.2, 0.25) is 0 Å². The van der Waals surface area contributed by atoms with Gasteiger partial charge in [0.2, 0.25) is 0 Å². The van der Waals surface area contributed by atoms with Gasteiger partial charge in [0.25, 0.3) is 0 Å². The van der Waals surface area contributed by atoms with E-state index in [2.05, 4.69) is 43.2 Å². The molecule has 0 bridgehead atoms. The zero-order valence-electron chi connectivity index (χ0n) is 12.5. The Bertz CT molecular complexity index is 551. The molecule has 1 aromatic heterocycles. The Kier molecular flexibility index (Phi) is 5.15. The minimum Gasteiger partial charge on any atom is -0.491 e. The smallest absolute Gasteiger partial charge is 0.124 e. The predicted octanol–water partition coefficient (Wildman–Crippen LogP) is 3.94. The van der Waals surface area contributed by atoms with E-state index in [1.807, 2.05) is 25.3 Å². The maximum Gasteiger partial charge on any atom is 0.124 e. The zero-order valence-corrected chi connectivity index (χ0v) is 13.3. The van der Waals surface area contributed by atoms with E-state index in [9.17, 15) is 0 Å². The molecule has 0 saturated heterocycles. The first-order chi connectivity index (χ1) is 9.61. The number of hydrogen-bond acceptors (Lipinski definition) is 4. The van der Waals surface area contributed by atoms with Crippen molar-refractivity contribution in [2.24, 2.45) is 0 Å². The van der Waals surface area contributed by atoms with Crippen LogP contribution in [-0.2, 0) is 0 Å². The maximum absolute atomic E-state index is 5.95. The molecule has 0 spiro atoms. The molecule has 108 valence electrons. The highest BCUT2D eigenvalue weighted by atomic mass is 32.1. The van der Waals surface area contributed by atoms with Crippen molar-refractivity contribution in [3.8, 4) is 5.75 Å². The fourth-order valence-corrected chi connectivity index (χ4v) is 3.04. The number of nitrogens with one attached hydrogen (secondary N) is 1. The Balaban J connectivity index is 2.38. The lowest BCUT2D eigenvalue weighted by atomic mass is 10.0. The first-order valence-electron chi connectivity index (χ1n) is 7.03. The molecule has 0 aliphatic carbocycles. The van der Waals surface area contributed by atoms with Crippen molar-refractivity contribution in [2.75, 3.05) is 6.54 Å². The van der Waals surface area contributed by atoms with Gasteiger partial charge >= 0.3 is 0 Å². The van der Waals surface area contributed by atoms with E-state index in [-0.39, 0.29) is 12.1 Å². The van der Waals surface area contributed by atoms with Gasteiger partial charge in [-0.15, -0.1) is 11.3 Å². The molecule has 3 nitrogen and oxygen atoms in total. The van der Waals surface area contributed by atoms with Crippen LogP contribution in [0.1, 0.15) is 42.3 Å². The molecular formula is C16H22N2OS. The van der Waals surface area contributed by atoms with Gasteiger partial charge in [-0.1, -0.05) is 25.1 Å². The number of thiazole rings is 1. The van der Waals surface area contributed by atoms with Crippen molar-refractivity contribution in [3.63, 3.8) is 0 Å². The zero-order chi connectivity index (χ0) is 14.5. The first-order valence-corrected chi connectivity index (χ1v) is 7.84. The van der Waals surface area contributed by atoms with Gasteiger partial charge in [0, 0.05) is 16.6 Å². The molecule has 0 aliphatic heterocycles. The lowest BCUT2D eigenvalue weighted by molar-refractivity contribution is 0.238. The number of hydrogen-bond donors (Lipinski definition) is 1. The van der Waals surface area contributed by atoms with Gasteiger partial charge in [-0.25, -0.2) is 4.98 Å². The van der Waals surface area contributed by atoms with Gasteiger partial charge in [-0.3, -0.25) is 0 Å². The number of nitrogens with zero attached hydrogens (tertiary/aromatic N) is 1. The van der Waals surface area contributed by atoms with E-state index < -0.39 is 0 Å². The second kappa shape index (κ2) is 6.86. The van der Waals surface area contributed by atoms with Gasteiger partial charge in [0.05, 0.1) is 17.2 Å². The molecule has 1 aromatic carbocycles. The van der Waals surface area contributed by atoms with Crippen molar-refractivity contribution in [2.45, 2.75) is 39.8 Å². The van der Waals surface area contributed by atoms with Crippen molar-refractivity contribution in [1.82, 2.24) is 10.3 Å². The van der Waals surface area contributed by atoms with Gasteiger partial charge in [-0.2, -0.15) is 0 Å². The molecule has 20 heavy (non-hydrogen) atoms. The molecule has 1 heterocycles. The Morgan fingerprint density at radius 3 is 2.65 bits per heavy atom. The van der Waals surface area contributed by atoms with Gasteiger partial charge in [-0.05, 0) is 33.4 Å². The van der Waals surface area contributed by atoms with Crippen molar-refractivity contribution >= 4 is 11.3 Å². The van der Waals surface area contributed by atoms with Gasteiger partial charge in [0.1, 0.15) is 5.75 Å². The number of aryl methyl sites for hydroxylation is 1. The molecule has 4 heteroatoms. The van der Waals surface area contributed by atoms with Crippen molar-refractivity contribution in [1.29, 1.82) is 0 Å². The molecule has 0 fully saturated rings. The van der Waals surface area contributed by atoms with Crippen LogP contribution in [-0.4, -0.2) is 17.6 Å². The van der Waals surface area contributed by atoms with Crippen LogP contribution >= 0.6 is 11.3 Å². The third-order valence-corrected chi connectivity index (χ3v) is 3.90. The summed E-state index contributed by atoms with van der Waals surface area (Å²) >= 11 is 1.73. The molecule has 0 amide bonds. The summed E-state index contributed by atoms with van der Waals surface area (Å²) < 4.78 is 5.95. The molecule has 1 atom stereocenters. The summed E-state index contributed by atoms with van der Waals surface area (Å²) in [6, 6.07) is 8.37. The highest BCUT2D eigenvalue weighted by Crippen LogP contribution is 2.33. The summed E-state index contributed by atoms with van der Waals surface area (Å²) in [6.07, 6.45) is 2.13. The summed E-state index contributed by atoms with van der Waals surface area (Å²) in [6.45, 7) is 9.16. The minimum atomic E-state index is 0.140. The fourth-order valence-electron chi connectivity index (χ4n) is 2.16. The minimum absolute atomic E-state index is 0.140. The Hall–Kier alpha value is -1.39. The molecule has 1 N–H and O–H groups in total. The van der Waals surface area contributed by atoms with E-state index in [4.69, 9.17) is 4.74 Å². The maximum atomic E-state index is 5.95. The van der Waals surface area contributed by atoms with Crippen molar-refractivity contribution < 1.29 is 4.74 Å². The van der Waals surface area contributed by atoms with E-state index >= 15 is 0 Å². The quantitative estimate of drug-likeness (QED) is 0.875. The summed E-state index contributed by atoms with van der Waals surface area (Å²) in [5, 5.41) is 4.62. The van der Waals surface area contributed by atoms with Gasteiger partial charge in [0.15, 0.2) is 0 Å². The largest absolute Gasteiger partial charge is 0.491 e. The van der Waals surface area contributed by atoms with Crippen LogP contribution in [0.3, 0.4) is 0 Å². The van der Waals surface area contributed by atoms with E-state index in [1.165, 1.54) is 10.4 Å². The van der Waals surface area contributed by atoms with E-state index in [0.717, 1.165) is 17.3 Å². The standard InChI is InChI=1S/C16H22N2OS/c1-5-17-16(15-10-18-12(4)20-15)13-8-6-7-9-14(13)19-11(2)3/h6-11,16-17H,5H2,1-4H3. The van der Waals surface area contributed by atoms with Crippen LogP contribution in [0.25, 0.3) is 0 Å². The van der Waals surface area contributed by atoms with Crippen LogP contribution in [0, 0.1) is 6.92 Å². The third kappa shape index (κ3) is 3.58. The SMILES string of the molecule is CCNC(c1cnc(C)s1)c1ccccc1OC(C)C. The Morgan fingerprint density at radius 2 is 2.05 bits per heavy atom. The molecular weight excluding hydrogens is 268 g/mol. The number of rotatable bonds is 6. The highest BCUT2D eigenvalue weighted by molar-refractivity contribution is 7.11. The van der Waals surface area contributed by atoms with Gasteiger partial charge < -0.3 is 10.1 Å². The number of benzene rings is 1. The average molecular weight is 290 g/mol. The molecule has 2 aromatic rings. The lowest BCUT2D eigenvalue weighted by Crippen LogP contribution is -2.22. The number of para-hydroxylation sites is 1. The summed E-state index contributed by atoms with van der Waals surface area (Å²) in [4.78, 5) is 5.60.